The van der Waals surface area contributed by atoms with Crippen LogP contribution >= 0.6 is 0 Å². The minimum atomic E-state index is -1.51. The van der Waals surface area contributed by atoms with Gasteiger partial charge < -0.3 is 14.0 Å². The van der Waals surface area contributed by atoms with Crippen LogP contribution in [0.25, 0.3) is 0 Å². The molecule has 12 heteroatoms. The smallest absolute Gasteiger partial charge is 0.398 e. The van der Waals surface area contributed by atoms with Crippen molar-refractivity contribution in [2.75, 3.05) is 18.1 Å². The number of nitrogens with zero attached hydrogens (tertiary/aromatic N) is 3. The molecular weight excluding hydrogens is 526 g/mol. The fourth-order valence-corrected chi connectivity index (χ4v) is 5.48. The molecule has 1 aromatic heterocycles. The third-order valence-corrected chi connectivity index (χ3v) is 9.54. The van der Waals surface area contributed by atoms with E-state index >= 15 is 0 Å². The molecule has 1 atom stereocenters. The van der Waals surface area contributed by atoms with Crippen molar-refractivity contribution in [2.24, 2.45) is 5.92 Å². The van der Waals surface area contributed by atoms with E-state index in [0.717, 1.165) is 18.2 Å². The Bertz CT molecular complexity index is 1180. The minimum absolute atomic E-state index is 0.106. The van der Waals surface area contributed by atoms with Crippen molar-refractivity contribution >= 4 is 32.5 Å². The molecular formula is C27H39BF3N3O4Si. The lowest BCUT2D eigenvalue weighted by Crippen LogP contribution is -2.43. The number of carbonyl (C=O) groups excluding carboxylic acids is 1. The molecule has 0 saturated carbocycles. The standard InChI is InChI=1S/C27H39BF3N3O4Si/c1-26(2)27(3,4)38-28(37-26)22-16-23(34(32-22)17-36-11-12-39(5,6)7)33-10-8-9-19(25(33)35)13-18-14-20(29)24(31)21(30)15-18/h14-16,19H,8-13,17H2,1-7H3. The lowest BCUT2D eigenvalue weighted by molar-refractivity contribution is -0.123. The second kappa shape index (κ2) is 11.0. The molecule has 1 unspecified atom stereocenters. The van der Waals surface area contributed by atoms with Crippen molar-refractivity contribution in [3.05, 3.63) is 41.2 Å². The van der Waals surface area contributed by atoms with E-state index in [1.165, 1.54) is 0 Å². The summed E-state index contributed by atoms with van der Waals surface area (Å²) in [5.74, 6) is -4.17. The number of aromatic nitrogens is 2. The molecule has 3 heterocycles. The molecule has 2 aliphatic rings. The van der Waals surface area contributed by atoms with Gasteiger partial charge in [0, 0.05) is 33.2 Å². The molecule has 2 fully saturated rings. The van der Waals surface area contributed by atoms with Gasteiger partial charge in [-0.05, 0) is 70.7 Å². The van der Waals surface area contributed by atoms with Crippen molar-refractivity contribution in [3.63, 3.8) is 0 Å². The third-order valence-electron chi connectivity index (χ3n) is 7.83. The summed E-state index contributed by atoms with van der Waals surface area (Å²) < 4.78 is 61.1. The lowest BCUT2D eigenvalue weighted by Gasteiger charge is -2.32. The number of hydrogen-bond donors (Lipinski definition) is 0. The number of benzene rings is 1. The molecule has 214 valence electrons. The largest absolute Gasteiger partial charge is 0.516 e. The first kappa shape index (κ1) is 29.8. The molecule has 0 bridgehead atoms. The number of hydrogen-bond acceptors (Lipinski definition) is 5. The summed E-state index contributed by atoms with van der Waals surface area (Å²) in [6.45, 7) is 15.9. The Morgan fingerprint density at radius 1 is 1.08 bits per heavy atom. The summed E-state index contributed by atoms with van der Waals surface area (Å²) >= 11 is 0. The number of anilines is 1. The van der Waals surface area contributed by atoms with Gasteiger partial charge in [-0.25, -0.2) is 17.9 Å². The highest BCUT2D eigenvalue weighted by molar-refractivity contribution is 6.76. The highest BCUT2D eigenvalue weighted by Gasteiger charge is 2.53. The van der Waals surface area contributed by atoms with Crippen molar-refractivity contribution in [1.29, 1.82) is 0 Å². The second-order valence-corrected chi connectivity index (χ2v) is 18.4. The van der Waals surface area contributed by atoms with E-state index in [1.54, 1.807) is 15.6 Å². The predicted molar refractivity (Wildman–Crippen MR) is 147 cm³/mol. The minimum Gasteiger partial charge on any atom is -0.398 e. The summed E-state index contributed by atoms with van der Waals surface area (Å²) in [5, 5.41) is 4.73. The van der Waals surface area contributed by atoms with E-state index in [0.29, 0.717) is 37.4 Å². The number of rotatable bonds is 9. The Balaban J connectivity index is 1.58. The number of halogens is 3. The summed E-state index contributed by atoms with van der Waals surface area (Å²) in [7, 11) is -2.00. The van der Waals surface area contributed by atoms with Gasteiger partial charge in [0.05, 0.1) is 16.8 Å². The van der Waals surface area contributed by atoms with Gasteiger partial charge in [0.2, 0.25) is 5.91 Å². The SMILES string of the molecule is CC1(C)OB(c2cc(N3CCCC(Cc4cc(F)c(F)c(F)c4)C3=O)n(COCC[Si](C)(C)C)n2)OC1(C)C. The summed E-state index contributed by atoms with van der Waals surface area (Å²) in [6.07, 6.45) is 1.35. The average Bonchev–Trinajstić information content (AvgIpc) is 3.33. The molecule has 0 aliphatic carbocycles. The number of amides is 1. The van der Waals surface area contributed by atoms with Crippen LogP contribution in [0.1, 0.15) is 46.1 Å². The fraction of sp³-hybridized carbons (Fsp3) is 0.630. The van der Waals surface area contributed by atoms with Crippen LogP contribution in [-0.4, -0.2) is 55.2 Å². The molecule has 1 aromatic carbocycles. The van der Waals surface area contributed by atoms with Crippen molar-refractivity contribution in [2.45, 2.75) is 90.6 Å². The zero-order valence-corrected chi connectivity index (χ0v) is 24.9. The normalized spacial score (nSPS) is 21.2. The molecule has 0 radical (unpaired) electrons. The van der Waals surface area contributed by atoms with Gasteiger partial charge in [0.25, 0.3) is 0 Å². The fourth-order valence-electron chi connectivity index (χ4n) is 4.72. The number of ether oxygens (including phenoxy) is 1. The monoisotopic (exact) mass is 565 g/mol. The van der Waals surface area contributed by atoms with Gasteiger partial charge >= 0.3 is 7.12 Å². The summed E-state index contributed by atoms with van der Waals surface area (Å²) in [5.41, 5.74) is -0.328. The molecule has 2 aromatic rings. The maximum absolute atomic E-state index is 13.8. The van der Waals surface area contributed by atoms with Gasteiger partial charge in [0.1, 0.15) is 12.5 Å². The lowest BCUT2D eigenvalue weighted by atomic mass is 9.85. The molecule has 1 amide bonds. The first-order chi connectivity index (χ1) is 18.1. The number of carbonyl (C=O) groups is 1. The summed E-state index contributed by atoms with van der Waals surface area (Å²) in [6, 6.07) is 4.69. The maximum atomic E-state index is 13.8. The van der Waals surface area contributed by atoms with Crippen LogP contribution in [-0.2, 0) is 32.0 Å². The second-order valence-electron chi connectivity index (χ2n) is 12.8. The van der Waals surface area contributed by atoms with E-state index < -0.39 is 49.8 Å². The van der Waals surface area contributed by atoms with Crippen LogP contribution in [0.3, 0.4) is 0 Å². The highest BCUT2D eigenvalue weighted by Crippen LogP contribution is 2.37. The Labute approximate surface area is 230 Å². The highest BCUT2D eigenvalue weighted by atomic mass is 28.3. The van der Waals surface area contributed by atoms with E-state index in [4.69, 9.17) is 19.1 Å². The molecule has 39 heavy (non-hydrogen) atoms. The van der Waals surface area contributed by atoms with Gasteiger partial charge in [-0.1, -0.05) is 19.6 Å². The van der Waals surface area contributed by atoms with E-state index in [9.17, 15) is 18.0 Å². The van der Waals surface area contributed by atoms with Crippen molar-refractivity contribution in [1.82, 2.24) is 9.78 Å². The van der Waals surface area contributed by atoms with Crippen LogP contribution in [0.5, 0.6) is 0 Å². The Morgan fingerprint density at radius 3 is 2.28 bits per heavy atom. The predicted octanol–water partition coefficient (Wildman–Crippen LogP) is 4.90. The Hall–Kier alpha value is -2.15. The van der Waals surface area contributed by atoms with Gasteiger partial charge in [-0.3, -0.25) is 9.69 Å². The molecule has 4 rings (SSSR count). The quantitative estimate of drug-likeness (QED) is 0.246. The Morgan fingerprint density at radius 2 is 1.69 bits per heavy atom. The first-order valence-corrected chi connectivity index (χ1v) is 17.2. The van der Waals surface area contributed by atoms with Crippen LogP contribution in [0, 0.1) is 23.4 Å². The molecule has 7 nitrogen and oxygen atoms in total. The molecule has 0 spiro atoms. The van der Waals surface area contributed by atoms with Crippen LogP contribution < -0.4 is 10.5 Å². The van der Waals surface area contributed by atoms with E-state index in [1.807, 2.05) is 27.7 Å². The molecule has 2 saturated heterocycles. The van der Waals surface area contributed by atoms with Crippen molar-refractivity contribution < 1.29 is 32.0 Å². The zero-order valence-electron chi connectivity index (χ0n) is 23.9. The van der Waals surface area contributed by atoms with Gasteiger partial charge in [-0.15, -0.1) is 0 Å². The number of piperidine rings is 1. The van der Waals surface area contributed by atoms with E-state index in [2.05, 4.69) is 19.6 Å². The maximum Gasteiger partial charge on any atom is 0.516 e. The molecule has 0 N–H and O–H groups in total. The first-order valence-electron chi connectivity index (χ1n) is 13.5. The van der Waals surface area contributed by atoms with Crippen LogP contribution in [0.2, 0.25) is 25.7 Å². The van der Waals surface area contributed by atoms with E-state index in [-0.39, 0.29) is 24.6 Å². The van der Waals surface area contributed by atoms with Gasteiger partial charge in [0.15, 0.2) is 17.5 Å². The topological polar surface area (TPSA) is 65.8 Å². The third kappa shape index (κ3) is 6.61. The Kier molecular flexibility index (Phi) is 8.43. The van der Waals surface area contributed by atoms with Crippen LogP contribution in [0.4, 0.5) is 19.0 Å². The molecule has 2 aliphatic heterocycles. The summed E-state index contributed by atoms with van der Waals surface area (Å²) in [4.78, 5) is 15.3. The zero-order chi connectivity index (χ0) is 28.8. The average molecular weight is 566 g/mol. The van der Waals surface area contributed by atoms with Gasteiger partial charge in [-0.2, -0.15) is 5.10 Å². The van der Waals surface area contributed by atoms with Crippen molar-refractivity contribution in [3.8, 4) is 0 Å². The van der Waals surface area contributed by atoms with Crippen LogP contribution in [0.15, 0.2) is 18.2 Å².